The zero-order chi connectivity index (χ0) is 26.0. The molecule has 0 aromatic carbocycles. The van der Waals surface area contributed by atoms with E-state index < -0.39 is 17.6 Å². The highest BCUT2D eigenvalue weighted by Crippen LogP contribution is 2.62. The number of rotatable bonds is 3. The number of allylic oxidation sites excluding steroid dienone is 5. The Morgan fingerprint density at radius 1 is 1.09 bits per heavy atom. The van der Waals surface area contributed by atoms with E-state index in [1.165, 1.54) is 29.4 Å². The second-order valence-electron chi connectivity index (χ2n) is 13.8. The molecule has 4 heteroatoms. The van der Waals surface area contributed by atoms with E-state index in [-0.39, 0.29) is 34.1 Å². The van der Waals surface area contributed by atoms with Crippen molar-refractivity contribution in [1.29, 1.82) is 0 Å². The van der Waals surface area contributed by atoms with Crippen LogP contribution >= 0.6 is 0 Å². The Morgan fingerprint density at radius 3 is 2.43 bits per heavy atom. The molecule has 0 aliphatic heterocycles. The predicted molar refractivity (Wildman–Crippen MR) is 141 cm³/mol. The topological polar surface area (TPSA) is 66.8 Å². The first-order valence-corrected chi connectivity index (χ1v) is 13.7. The average molecular weight is 485 g/mol. The Balaban J connectivity index is 1.73. The van der Waals surface area contributed by atoms with E-state index in [0.717, 1.165) is 51.4 Å². The first-order chi connectivity index (χ1) is 16.2. The largest absolute Gasteiger partial charge is 0.469 e. The molecule has 3 saturated carbocycles. The van der Waals surface area contributed by atoms with Gasteiger partial charge in [0.1, 0.15) is 0 Å². The van der Waals surface area contributed by atoms with E-state index >= 15 is 0 Å². The summed E-state index contributed by atoms with van der Waals surface area (Å²) in [5, 5.41) is 21.7. The van der Waals surface area contributed by atoms with Crippen molar-refractivity contribution in [2.75, 3.05) is 7.11 Å². The van der Waals surface area contributed by atoms with E-state index in [1.54, 1.807) is 0 Å². The fourth-order valence-electron chi connectivity index (χ4n) is 8.72. The number of methoxy groups -OCH3 is 1. The molecule has 6 atom stereocenters. The Labute approximate surface area is 212 Å². The number of fused-ring (bicyclic) bond motifs is 2. The van der Waals surface area contributed by atoms with Crippen molar-refractivity contribution in [2.24, 2.45) is 33.5 Å². The van der Waals surface area contributed by atoms with Crippen LogP contribution in [0, 0.1) is 33.5 Å². The third-order valence-electron chi connectivity index (χ3n) is 10.9. The summed E-state index contributed by atoms with van der Waals surface area (Å²) in [5.41, 5.74) is 4.49. The molecule has 196 valence electrons. The van der Waals surface area contributed by atoms with Crippen LogP contribution in [-0.4, -0.2) is 35.5 Å². The highest BCUT2D eigenvalue weighted by atomic mass is 16.5. The van der Waals surface area contributed by atoms with Gasteiger partial charge in [-0.1, -0.05) is 64.0 Å². The van der Waals surface area contributed by atoms with E-state index in [4.69, 9.17) is 4.74 Å². The van der Waals surface area contributed by atoms with Gasteiger partial charge in [-0.2, -0.15) is 0 Å². The maximum absolute atomic E-state index is 13.2. The molecule has 4 rings (SSSR count). The molecule has 0 saturated heterocycles. The van der Waals surface area contributed by atoms with Crippen LogP contribution in [0.3, 0.4) is 0 Å². The molecule has 4 aliphatic rings. The first-order valence-electron chi connectivity index (χ1n) is 13.7. The van der Waals surface area contributed by atoms with E-state index in [2.05, 4.69) is 54.2 Å². The summed E-state index contributed by atoms with van der Waals surface area (Å²) in [7, 11) is 1.54. The van der Waals surface area contributed by atoms with E-state index in [0.29, 0.717) is 6.42 Å². The fraction of sp³-hybridized carbons (Fsp3) is 0.774. The molecule has 4 nitrogen and oxygen atoms in total. The molecule has 0 radical (unpaired) electrons. The van der Waals surface area contributed by atoms with Gasteiger partial charge in [0, 0.05) is 0 Å². The molecule has 0 heterocycles. The zero-order valence-electron chi connectivity index (χ0n) is 23.2. The maximum Gasteiger partial charge on any atom is 0.312 e. The van der Waals surface area contributed by atoms with Crippen molar-refractivity contribution in [3.63, 3.8) is 0 Å². The number of hydrogen-bond donors (Lipinski definition) is 2. The van der Waals surface area contributed by atoms with Crippen LogP contribution < -0.4 is 0 Å². The highest BCUT2D eigenvalue weighted by molar-refractivity contribution is 5.78. The fourth-order valence-corrected chi connectivity index (χ4v) is 8.72. The van der Waals surface area contributed by atoms with Gasteiger partial charge in [-0.25, -0.2) is 0 Å². The van der Waals surface area contributed by atoms with Crippen molar-refractivity contribution in [3.05, 3.63) is 34.9 Å². The zero-order valence-corrected chi connectivity index (χ0v) is 23.2. The summed E-state index contributed by atoms with van der Waals surface area (Å²) in [4.78, 5) is 13.2. The summed E-state index contributed by atoms with van der Waals surface area (Å²) >= 11 is 0. The van der Waals surface area contributed by atoms with E-state index in [9.17, 15) is 15.0 Å². The Hall–Kier alpha value is -1.39. The molecule has 2 N–H and O–H groups in total. The smallest absolute Gasteiger partial charge is 0.312 e. The van der Waals surface area contributed by atoms with Gasteiger partial charge in [0.05, 0.1) is 24.7 Å². The minimum Gasteiger partial charge on any atom is -0.469 e. The number of hydrogen-bond acceptors (Lipinski definition) is 4. The van der Waals surface area contributed by atoms with E-state index in [1.807, 2.05) is 0 Å². The third-order valence-corrected chi connectivity index (χ3v) is 10.9. The molecule has 35 heavy (non-hydrogen) atoms. The van der Waals surface area contributed by atoms with Crippen LogP contribution in [0.15, 0.2) is 34.9 Å². The molecule has 0 unspecified atom stereocenters. The monoisotopic (exact) mass is 484 g/mol. The summed E-state index contributed by atoms with van der Waals surface area (Å²) < 4.78 is 5.40. The second-order valence-corrected chi connectivity index (χ2v) is 13.8. The SMILES string of the molecule is C=C1CC[C@H]2C(C)(C)[C@@H](O)[C@H](O)C[C@]2(C)/C1=C\CC1=C(C)CC[C@@]2(C(=O)OC)CCC(C)(C)C[C@@H]12. The van der Waals surface area contributed by atoms with Crippen LogP contribution in [0.2, 0.25) is 0 Å². The van der Waals surface area contributed by atoms with Crippen molar-refractivity contribution >= 4 is 5.97 Å². The second kappa shape index (κ2) is 8.87. The van der Waals surface area contributed by atoms with Crippen LogP contribution in [0.4, 0.5) is 0 Å². The molecule has 4 aliphatic carbocycles. The molecule has 0 spiro atoms. The summed E-state index contributed by atoms with van der Waals surface area (Å²) in [6, 6.07) is 0. The predicted octanol–water partition coefficient (Wildman–Crippen LogP) is 6.52. The standard InChI is InChI=1S/C31H48O4/c1-19-13-14-31(27(34)35-8)16-15-28(3,4)17-23(31)21(19)10-11-22-20(2)9-12-25-29(5,6)26(33)24(32)18-30(22,25)7/h11,23-26,32-33H,2,9-10,12-18H2,1,3-8H3/b22-11-/t23-,24+,25-,26-,30+,31+/m0/s1. The molecular formula is C31H48O4. The van der Waals surface area contributed by atoms with Crippen molar-refractivity contribution < 1.29 is 19.7 Å². The van der Waals surface area contributed by atoms with Gasteiger partial charge < -0.3 is 14.9 Å². The van der Waals surface area contributed by atoms with Gasteiger partial charge in [-0.15, -0.1) is 0 Å². The number of aliphatic hydroxyl groups excluding tert-OH is 2. The first kappa shape index (κ1) is 26.7. The highest BCUT2D eigenvalue weighted by Gasteiger charge is 2.58. The van der Waals surface area contributed by atoms with Crippen LogP contribution in [0.1, 0.15) is 99.3 Å². The van der Waals surface area contributed by atoms with Gasteiger partial charge in [0.2, 0.25) is 0 Å². The number of ether oxygens (including phenoxy) is 1. The Bertz CT molecular complexity index is 953. The lowest BCUT2D eigenvalue weighted by molar-refractivity contribution is -0.161. The quantitative estimate of drug-likeness (QED) is 0.353. The van der Waals surface area contributed by atoms with Crippen LogP contribution in [0.25, 0.3) is 0 Å². The minimum atomic E-state index is -0.734. The van der Waals surface area contributed by atoms with Gasteiger partial charge in [-0.05, 0) is 98.4 Å². The summed E-state index contributed by atoms with van der Waals surface area (Å²) in [6.07, 6.45) is 9.04. The van der Waals surface area contributed by atoms with Crippen molar-refractivity contribution in [3.8, 4) is 0 Å². The van der Waals surface area contributed by atoms with Crippen molar-refractivity contribution in [1.82, 2.24) is 0 Å². The minimum absolute atomic E-state index is 0.0316. The average Bonchev–Trinajstić information content (AvgIpc) is 2.77. The lowest BCUT2D eigenvalue weighted by atomic mass is 9.48. The molecule has 0 aromatic rings. The van der Waals surface area contributed by atoms with Gasteiger partial charge in [0.15, 0.2) is 0 Å². The summed E-state index contributed by atoms with van der Waals surface area (Å²) in [5.74, 6) is 0.463. The number of carbonyl (C=O) groups excluding carboxylic acids is 1. The maximum atomic E-state index is 13.2. The lowest BCUT2D eigenvalue weighted by Crippen LogP contribution is -2.58. The lowest BCUT2D eigenvalue weighted by Gasteiger charge is -2.58. The third kappa shape index (κ3) is 4.17. The number of esters is 1. The van der Waals surface area contributed by atoms with Crippen LogP contribution in [0.5, 0.6) is 0 Å². The number of aliphatic hydroxyl groups is 2. The van der Waals surface area contributed by atoms with Gasteiger partial charge in [0.25, 0.3) is 0 Å². The Morgan fingerprint density at radius 2 is 1.77 bits per heavy atom. The Kier molecular flexibility index (Phi) is 6.76. The van der Waals surface area contributed by atoms with Crippen LogP contribution in [-0.2, 0) is 9.53 Å². The summed E-state index contributed by atoms with van der Waals surface area (Å²) in [6.45, 7) is 17.9. The van der Waals surface area contributed by atoms with Gasteiger partial charge in [-0.3, -0.25) is 4.79 Å². The van der Waals surface area contributed by atoms with Crippen molar-refractivity contribution in [2.45, 2.75) is 112 Å². The normalized spacial score (nSPS) is 41.9. The molecule has 0 amide bonds. The molecule has 3 fully saturated rings. The number of carbonyl (C=O) groups is 1. The molecule has 0 bridgehead atoms. The molecule has 0 aromatic heterocycles. The van der Waals surface area contributed by atoms with Gasteiger partial charge >= 0.3 is 5.97 Å². The molecular weight excluding hydrogens is 436 g/mol.